The Balaban J connectivity index is 2.45. The molecule has 0 aliphatic carbocycles. The highest BCUT2D eigenvalue weighted by molar-refractivity contribution is 5.70. The van der Waals surface area contributed by atoms with E-state index in [0.717, 1.165) is 0 Å². The SMILES string of the molecule is CCC(=O)OC1C=COC1C=O. The molecule has 1 heterocycles. The summed E-state index contributed by atoms with van der Waals surface area (Å²) < 4.78 is 9.72. The van der Waals surface area contributed by atoms with E-state index in [9.17, 15) is 9.59 Å². The number of hydrogen-bond donors (Lipinski definition) is 0. The van der Waals surface area contributed by atoms with Crippen LogP contribution in [-0.4, -0.2) is 24.5 Å². The lowest BCUT2D eigenvalue weighted by Gasteiger charge is -2.12. The third kappa shape index (κ3) is 1.84. The normalized spacial score (nSPS) is 26.4. The molecule has 0 saturated carbocycles. The van der Waals surface area contributed by atoms with Gasteiger partial charge in [0.1, 0.15) is 0 Å². The van der Waals surface area contributed by atoms with Gasteiger partial charge in [0.05, 0.1) is 6.26 Å². The van der Waals surface area contributed by atoms with Crippen LogP contribution in [0.1, 0.15) is 13.3 Å². The van der Waals surface area contributed by atoms with Crippen LogP contribution in [0.5, 0.6) is 0 Å². The predicted molar refractivity (Wildman–Crippen MR) is 40.2 cm³/mol. The molecule has 2 atom stereocenters. The zero-order valence-electron chi connectivity index (χ0n) is 6.73. The van der Waals surface area contributed by atoms with Gasteiger partial charge in [0.15, 0.2) is 18.5 Å². The Morgan fingerprint density at radius 2 is 2.50 bits per heavy atom. The van der Waals surface area contributed by atoms with Crippen LogP contribution in [0, 0.1) is 0 Å². The lowest BCUT2D eigenvalue weighted by molar-refractivity contribution is -0.150. The minimum absolute atomic E-state index is 0.302. The quantitative estimate of drug-likeness (QED) is 0.455. The zero-order chi connectivity index (χ0) is 8.97. The summed E-state index contributed by atoms with van der Waals surface area (Å²) in [6, 6.07) is 0. The minimum Gasteiger partial charge on any atom is -0.486 e. The first-order chi connectivity index (χ1) is 5.77. The van der Waals surface area contributed by atoms with Gasteiger partial charge in [0, 0.05) is 6.42 Å². The smallest absolute Gasteiger partial charge is 0.306 e. The van der Waals surface area contributed by atoms with Crippen LogP contribution in [0.15, 0.2) is 12.3 Å². The molecule has 0 aromatic rings. The summed E-state index contributed by atoms with van der Waals surface area (Å²) in [6.07, 6.45) is 2.62. The molecule has 12 heavy (non-hydrogen) atoms. The minimum atomic E-state index is -0.666. The van der Waals surface area contributed by atoms with Crippen molar-refractivity contribution in [2.75, 3.05) is 0 Å². The first-order valence-electron chi connectivity index (χ1n) is 3.75. The van der Waals surface area contributed by atoms with Crippen LogP contribution in [0.2, 0.25) is 0 Å². The summed E-state index contributed by atoms with van der Waals surface area (Å²) in [7, 11) is 0. The molecule has 4 nitrogen and oxygen atoms in total. The third-order valence-electron chi connectivity index (χ3n) is 1.52. The van der Waals surface area contributed by atoms with Gasteiger partial charge in [-0.15, -0.1) is 0 Å². The van der Waals surface area contributed by atoms with Crippen LogP contribution in [-0.2, 0) is 19.1 Å². The molecule has 0 saturated heterocycles. The fraction of sp³-hybridized carbons (Fsp3) is 0.500. The van der Waals surface area contributed by atoms with Gasteiger partial charge in [-0.2, -0.15) is 0 Å². The second-order valence-corrected chi connectivity index (χ2v) is 2.37. The van der Waals surface area contributed by atoms with Crippen molar-refractivity contribution < 1.29 is 19.1 Å². The molecule has 0 bridgehead atoms. The van der Waals surface area contributed by atoms with E-state index in [1.54, 1.807) is 13.0 Å². The lowest BCUT2D eigenvalue weighted by atomic mass is 10.2. The van der Waals surface area contributed by atoms with Crippen molar-refractivity contribution in [2.45, 2.75) is 25.6 Å². The summed E-state index contributed by atoms with van der Waals surface area (Å²) in [5.74, 6) is -0.331. The maximum Gasteiger partial charge on any atom is 0.306 e. The van der Waals surface area contributed by atoms with Crippen LogP contribution in [0.4, 0.5) is 0 Å². The molecule has 1 aliphatic heterocycles. The van der Waals surface area contributed by atoms with E-state index in [1.165, 1.54) is 6.26 Å². The van der Waals surface area contributed by atoms with E-state index in [4.69, 9.17) is 9.47 Å². The molecule has 0 amide bonds. The largest absolute Gasteiger partial charge is 0.486 e. The molecule has 0 N–H and O–H groups in total. The van der Waals surface area contributed by atoms with Crippen molar-refractivity contribution in [3.8, 4) is 0 Å². The highest BCUT2D eigenvalue weighted by Crippen LogP contribution is 2.12. The van der Waals surface area contributed by atoms with Gasteiger partial charge in [0.25, 0.3) is 0 Å². The van der Waals surface area contributed by atoms with Gasteiger partial charge in [-0.25, -0.2) is 0 Å². The van der Waals surface area contributed by atoms with Gasteiger partial charge in [0.2, 0.25) is 0 Å². The van der Waals surface area contributed by atoms with E-state index in [1.807, 2.05) is 0 Å². The van der Waals surface area contributed by atoms with E-state index in [-0.39, 0.29) is 5.97 Å². The average molecular weight is 170 g/mol. The summed E-state index contributed by atoms with van der Waals surface area (Å²) >= 11 is 0. The molecule has 0 aromatic heterocycles. The standard InChI is InChI=1S/C8H10O4/c1-2-8(10)12-6-3-4-11-7(6)5-9/h3-7H,2H2,1H3. The predicted octanol–water partition coefficient (Wildman–Crippen LogP) is 0.420. The van der Waals surface area contributed by atoms with Crippen molar-refractivity contribution in [1.82, 2.24) is 0 Å². The molecule has 4 heteroatoms. The van der Waals surface area contributed by atoms with Crippen molar-refractivity contribution in [3.05, 3.63) is 12.3 Å². The van der Waals surface area contributed by atoms with Crippen molar-refractivity contribution >= 4 is 12.3 Å². The number of ether oxygens (including phenoxy) is 2. The van der Waals surface area contributed by atoms with Crippen molar-refractivity contribution in [2.24, 2.45) is 0 Å². The number of carbonyl (C=O) groups is 2. The number of hydrogen-bond acceptors (Lipinski definition) is 4. The fourth-order valence-electron chi connectivity index (χ4n) is 0.851. The summed E-state index contributed by atoms with van der Waals surface area (Å²) in [5, 5.41) is 0. The Morgan fingerprint density at radius 1 is 1.75 bits per heavy atom. The molecular weight excluding hydrogens is 160 g/mol. The highest BCUT2D eigenvalue weighted by Gasteiger charge is 2.26. The Bertz CT molecular complexity index is 209. The number of carbonyl (C=O) groups excluding carboxylic acids is 2. The summed E-state index contributed by atoms with van der Waals surface area (Å²) in [4.78, 5) is 21.1. The van der Waals surface area contributed by atoms with Gasteiger partial charge in [-0.05, 0) is 6.08 Å². The Morgan fingerprint density at radius 3 is 3.08 bits per heavy atom. The van der Waals surface area contributed by atoms with Gasteiger partial charge >= 0.3 is 5.97 Å². The molecule has 2 unspecified atom stereocenters. The maximum absolute atomic E-state index is 10.8. The second kappa shape index (κ2) is 3.90. The molecular formula is C8H10O4. The second-order valence-electron chi connectivity index (χ2n) is 2.37. The average Bonchev–Trinajstić information content (AvgIpc) is 2.51. The highest BCUT2D eigenvalue weighted by atomic mass is 16.6. The Hall–Kier alpha value is -1.32. The van der Waals surface area contributed by atoms with E-state index in [0.29, 0.717) is 12.7 Å². The fourth-order valence-corrected chi connectivity index (χ4v) is 0.851. The topological polar surface area (TPSA) is 52.6 Å². The molecule has 0 spiro atoms. The molecule has 66 valence electrons. The van der Waals surface area contributed by atoms with Crippen LogP contribution in [0.3, 0.4) is 0 Å². The van der Waals surface area contributed by atoms with Crippen LogP contribution in [0.25, 0.3) is 0 Å². The van der Waals surface area contributed by atoms with E-state index < -0.39 is 12.2 Å². The van der Waals surface area contributed by atoms with Crippen LogP contribution >= 0.6 is 0 Å². The summed E-state index contributed by atoms with van der Waals surface area (Å²) in [5.41, 5.74) is 0. The molecule has 0 radical (unpaired) electrons. The number of esters is 1. The van der Waals surface area contributed by atoms with Gasteiger partial charge in [-0.1, -0.05) is 6.92 Å². The molecule has 1 aliphatic rings. The zero-order valence-corrected chi connectivity index (χ0v) is 6.73. The molecule has 1 rings (SSSR count). The molecule has 0 aromatic carbocycles. The summed E-state index contributed by atoms with van der Waals surface area (Å²) in [6.45, 7) is 1.69. The van der Waals surface area contributed by atoms with Crippen molar-refractivity contribution in [1.29, 1.82) is 0 Å². The first-order valence-corrected chi connectivity index (χ1v) is 3.75. The van der Waals surface area contributed by atoms with E-state index in [2.05, 4.69) is 0 Å². The Labute approximate surface area is 70.1 Å². The van der Waals surface area contributed by atoms with E-state index >= 15 is 0 Å². The number of aldehydes is 1. The van der Waals surface area contributed by atoms with Gasteiger partial charge < -0.3 is 9.47 Å². The van der Waals surface area contributed by atoms with Crippen LogP contribution < -0.4 is 0 Å². The Kier molecular flexibility index (Phi) is 2.85. The third-order valence-corrected chi connectivity index (χ3v) is 1.52. The maximum atomic E-state index is 10.8. The van der Waals surface area contributed by atoms with Gasteiger partial charge in [-0.3, -0.25) is 9.59 Å². The molecule has 0 fully saturated rings. The number of rotatable bonds is 3. The van der Waals surface area contributed by atoms with Crippen molar-refractivity contribution in [3.63, 3.8) is 0 Å². The first kappa shape index (κ1) is 8.77. The monoisotopic (exact) mass is 170 g/mol. The lowest BCUT2D eigenvalue weighted by Crippen LogP contribution is -2.28.